The van der Waals surface area contributed by atoms with Gasteiger partial charge in [0, 0.05) is 35.8 Å². The number of nitrogens with zero attached hydrogens (tertiary/aromatic N) is 5. The van der Waals surface area contributed by atoms with E-state index in [0.717, 1.165) is 22.3 Å². The molecule has 4 aromatic rings. The Labute approximate surface area is 185 Å². The average Bonchev–Trinajstić information content (AvgIpc) is 2.81. The van der Waals surface area contributed by atoms with Gasteiger partial charge in [-0.3, -0.25) is 4.98 Å². The van der Waals surface area contributed by atoms with Gasteiger partial charge in [0.1, 0.15) is 23.5 Å². The van der Waals surface area contributed by atoms with Crippen molar-refractivity contribution < 1.29 is 9.50 Å². The number of nitrogens with one attached hydrogen (secondary N) is 1. The normalized spacial score (nSPS) is 15.9. The molecule has 0 aliphatic carbocycles. The second-order valence-corrected chi connectivity index (χ2v) is 8.32. The number of benzene rings is 1. The van der Waals surface area contributed by atoms with E-state index in [1.165, 1.54) is 12.4 Å². The van der Waals surface area contributed by atoms with E-state index in [2.05, 4.69) is 38.2 Å². The van der Waals surface area contributed by atoms with Crippen molar-refractivity contribution >= 4 is 33.6 Å². The van der Waals surface area contributed by atoms with Crippen molar-refractivity contribution in [1.29, 1.82) is 0 Å². The van der Waals surface area contributed by atoms with Crippen LogP contribution >= 0.6 is 0 Å². The number of fused-ring (bicyclic) bond motifs is 2. The molecule has 1 aliphatic heterocycles. The van der Waals surface area contributed by atoms with Crippen molar-refractivity contribution in [2.75, 3.05) is 23.3 Å². The van der Waals surface area contributed by atoms with Crippen LogP contribution in [0, 0.1) is 12.7 Å². The van der Waals surface area contributed by atoms with Crippen molar-refractivity contribution in [3.05, 3.63) is 59.8 Å². The summed E-state index contributed by atoms with van der Waals surface area (Å²) in [4.78, 5) is 20.2. The van der Waals surface area contributed by atoms with E-state index in [-0.39, 0.29) is 18.0 Å². The summed E-state index contributed by atoms with van der Waals surface area (Å²) in [7, 11) is 0. The zero-order chi connectivity index (χ0) is 22.2. The Kier molecular flexibility index (Phi) is 5.30. The third-order valence-electron chi connectivity index (χ3n) is 6.16. The van der Waals surface area contributed by atoms with Gasteiger partial charge in [-0.15, -0.1) is 0 Å². The lowest BCUT2D eigenvalue weighted by molar-refractivity contribution is 0.145. The molecule has 5 rings (SSSR count). The molecule has 0 spiro atoms. The Hall–Kier alpha value is -3.39. The van der Waals surface area contributed by atoms with Gasteiger partial charge in [-0.05, 0) is 57.0 Å². The van der Waals surface area contributed by atoms with Crippen molar-refractivity contribution in [2.45, 2.75) is 38.8 Å². The largest absolute Gasteiger partial charge is 0.393 e. The third kappa shape index (κ3) is 3.71. The Morgan fingerprint density at radius 1 is 1.12 bits per heavy atom. The summed E-state index contributed by atoms with van der Waals surface area (Å²) in [6, 6.07) is 8.94. The third-order valence-corrected chi connectivity index (χ3v) is 6.16. The number of rotatable bonds is 4. The molecule has 1 saturated heterocycles. The van der Waals surface area contributed by atoms with Crippen molar-refractivity contribution in [1.82, 2.24) is 19.9 Å². The summed E-state index contributed by atoms with van der Waals surface area (Å²) in [5.74, 6) is 1.20. The fraction of sp³-hybridized carbons (Fsp3) is 0.333. The lowest BCUT2D eigenvalue weighted by Gasteiger charge is -2.33. The van der Waals surface area contributed by atoms with Crippen LogP contribution in [0.4, 0.5) is 16.0 Å². The molecule has 8 heteroatoms. The number of aryl methyl sites for hydroxylation is 1. The van der Waals surface area contributed by atoms with E-state index >= 15 is 0 Å². The van der Waals surface area contributed by atoms with E-state index in [1.807, 2.05) is 12.1 Å². The second kappa shape index (κ2) is 8.27. The molecule has 0 unspecified atom stereocenters. The first kappa shape index (κ1) is 20.5. The Morgan fingerprint density at radius 3 is 2.75 bits per heavy atom. The van der Waals surface area contributed by atoms with Gasteiger partial charge in [0.25, 0.3) is 0 Å². The van der Waals surface area contributed by atoms with Crippen LogP contribution in [-0.4, -0.2) is 44.2 Å². The molecular weight excluding hydrogens is 407 g/mol. The molecular formula is C24H25FN6O. The maximum atomic E-state index is 14.2. The summed E-state index contributed by atoms with van der Waals surface area (Å²) < 4.78 is 14.2. The number of halogens is 1. The van der Waals surface area contributed by atoms with Gasteiger partial charge >= 0.3 is 0 Å². The van der Waals surface area contributed by atoms with Crippen LogP contribution in [0.2, 0.25) is 0 Å². The molecule has 4 heterocycles. The minimum atomic E-state index is -0.289. The highest BCUT2D eigenvalue weighted by Gasteiger charge is 2.24. The number of hydrogen-bond acceptors (Lipinski definition) is 7. The molecule has 0 radical (unpaired) electrons. The average molecular weight is 433 g/mol. The zero-order valence-electron chi connectivity index (χ0n) is 18.1. The van der Waals surface area contributed by atoms with Crippen molar-refractivity contribution in [3.63, 3.8) is 0 Å². The lowest BCUT2D eigenvalue weighted by atomic mass is 10.0. The predicted octanol–water partition coefficient (Wildman–Crippen LogP) is 4.15. The van der Waals surface area contributed by atoms with Gasteiger partial charge in [-0.1, -0.05) is 0 Å². The van der Waals surface area contributed by atoms with Gasteiger partial charge in [0.2, 0.25) is 0 Å². The molecule has 164 valence electrons. The van der Waals surface area contributed by atoms with E-state index in [1.54, 1.807) is 19.2 Å². The maximum absolute atomic E-state index is 14.2. The zero-order valence-corrected chi connectivity index (χ0v) is 18.1. The van der Waals surface area contributed by atoms with E-state index in [4.69, 9.17) is 4.98 Å². The summed E-state index contributed by atoms with van der Waals surface area (Å²) in [6.45, 7) is 5.21. The van der Waals surface area contributed by atoms with Gasteiger partial charge in [0.15, 0.2) is 5.82 Å². The first-order valence-electron chi connectivity index (χ1n) is 10.9. The fourth-order valence-corrected chi connectivity index (χ4v) is 4.30. The number of anilines is 2. The molecule has 3 aromatic heterocycles. The Balaban J connectivity index is 1.59. The quantitative estimate of drug-likeness (QED) is 0.501. The predicted molar refractivity (Wildman–Crippen MR) is 123 cm³/mol. The van der Waals surface area contributed by atoms with Crippen LogP contribution in [0.1, 0.15) is 36.9 Å². The summed E-state index contributed by atoms with van der Waals surface area (Å²) in [5.41, 5.74) is 3.67. The van der Waals surface area contributed by atoms with Gasteiger partial charge in [-0.25, -0.2) is 19.3 Å². The maximum Gasteiger partial charge on any atom is 0.156 e. The highest BCUT2D eigenvalue weighted by atomic mass is 19.1. The molecule has 0 amide bonds. The molecule has 32 heavy (non-hydrogen) atoms. The first-order chi connectivity index (χ1) is 15.5. The van der Waals surface area contributed by atoms with E-state index in [9.17, 15) is 9.50 Å². The van der Waals surface area contributed by atoms with Crippen LogP contribution in [0.5, 0.6) is 0 Å². The lowest BCUT2D eigenvalue weighted by Crippen LogP contribution is -2.37. The number of aliphatic hydroxyl groups is 1. The molecule has 7 nitrogen and oxygen atoms in total. The highest BCUT2D eigenvalue weighted by molar-refractivity contribution is 5.86. The molecule has 1 aliphatic rings. The fourth-order valence-electron chi connectivity index (χ4n) is 4.30. The number of pyridine rings is 2. The van der Waals surface area contributed by atoms with Gasteiger partial charge < -0.3 is 15.3 Å². The summed E-state index contributed by atoms with van der Waals surface area (Å²) in [6.07, 6.45) is 4.33. The van der Waals surface area contributed by atoms with Crippen molar-refractivity contribution in [3.8, 4) is 0 Å². The molecule has 1 aromatic carbocycles. The topological polar surface area (TPSA) is 87.1 Å². The number of aromatic nitrogens is 4. The molecule has 1 fully saturated rings. The molecule has 0 bridgehead atoms. The number of aliphatic hydroxyl groups excluding tert-OH is 1. The second-order valence-electron chi connectivity index (χ2n) is 8.32. The first-order valence-corrected chi connectivity index (χ1v) is 10.9. The number of piperidine rings is 1. The smallest absolute Gasteiger partial charge is 0.156 e. The van der Waals surface area contributed by atoms with Crippen LogP contribution in [0.25, 0.3) is 21.9 Å². The van der Waals surface area contributed by atoms with E-state index in [0.29, 0.717) is 48.3 Å². The standard InChI is InChI=1S/C24H25FN6O/c1-14-19(25)6-5-16-12-18(24(30-21(14)16)31-10-7-17(32)8-11-31)15(2)29-23-22-20(27-13-28-23)4-3-9-26-22/h3-6,9,12-13,15,17,32H,7-8,10-11H2,1-2H3,(H,27,28,29)/t15-/m0/s1. The monoisotopic (exact) mass is 432 g/mol. The van der Waals surface area contributed by atoms with Crippen LogP contribution < -0.4 is 10.2 Å². The minimum Gasteiger partial charge on any atom is -0.393 e. The summed E-state index contributed by atoms with van der Waals surface area (Å²) >= 11 is 0. The SMILES string of the molecule is Cc1c(F)ccc2cc([C@H](C)Nc3ncnc4cccnc34)c(N3CCC(O)CC3)nc12. The van der Waals surface area contributed by atoms with Crippen LogP contribution in [0.15, 0.2) is 42.9 Å². The molecule has 2 N–H and O–H groups in total. The van der Waals surface area contributed by atoms with Crippen molar-refractivity contribution in [2.24, 2.45) is 0 Å². The Morgan fingerprint density at radius 2 is 1.94 bits per heavy atom. The highest BCUT2D eigenvalue weighted by Crippen LogP contribution is 2.34. The van der Waals surface area contributed by atoms with Crippen LogP contribution in [0.3, 0.4) is 0 Å². The molecule has 1 atom stereocenters. The number of hydrogen-bond donors (Lipinski definition) is 2. The Bertz CT molecular complexity index is 1280. The minimum absolute atomic E-state index is 0.140. The van der Waals surface area contributed by atoms with E-state index < -0.39 is 0 Å². The summed E-state index contributed by atoms with van der Waals surface area (Å²) in [5, 5.41) is 14.3. The van der Waals surface area contributed by atoms with Crippen LogP contribution in [-0.2, 0) is 0 Å². The van der Waals surface area contributed by atoms with Gasteiger partial charge in [0.05, 0.1) is 23.2 Å². The molecule has 0 saturated carbocycles. The van der Waals surface area contributed by atoms with Gasteiger partial charge in [-0.2, -0.15) is 0 Å².